The van der Waals surface area contributed by atoms with Crippen LogP contribution in [0.3, 0.4) is 0 Å². The van der Waals surface area contributed by atoms with Gasteiger partial charge < -0.3 is 16.4 Å². The third-order valence-corrected chi connectivity index (χ3v) is 6.76. The summed E-state index contributed by atoms with van der Waals surface area (Å²) in [6.45, 7) is 3.16. The standard InChI is InChI=1S/C26H26FIN6O4/c1-14-22-21(23(32(3)24(14)36)31-20-9-8-16(28)12-19(20)27)25(37)33(11-5-10-29)26(38)34(22)18-7-4-6-17(13-18)30-15(2)35/h4,6-9,12-13,31H,5,10-11,29H2,1-3H3,(H,30,35). The van der Waals surface area contributed by atoms with Crippen LogP contribution in [0.25, 0.3) is 16.6 Å². The van der Waals surface area contributed by atoms with Crippen LogP contribution in [0.4, 0.5) is 21.6 Å². The van der Waals surface area contributed by atoms with E-state index in [9.17, 15) is 23.6 Å². The molecular formula is C26H26FIN6O4. The molecular weight excluding hydrogens is 606 g/mol. The van der Waals surface area contributed by atoms with Crippen molar-refractivity contribution in [2.75, 3.05) is 17.2 Å². The third kappa shape index (κ3) is 5.00. The molecule has 4 rings (SSSR count). The van der Waals surface area contributed by atoms with Gasteiger partial charge >= 0.3 is 5.69 Å². The number of anilines is 3. The molecule has 4 aromatic rings. The van der Waals surface area contributed by atoms with Crippen molar-refractivity contribution in [3.8, 4) is 5.69 Å². The van der Waals surface area contributed by atoms with Crippen LogP contribution in [0, 0.1) is 16.3 Å². The summed E-state index contributed by atoms with van der Waals surface area (Å²) in [6, 6.07) is 11.0. The Balaban J connectivity index is 2.16. The highest BCUT2D eigenvalue weighted by Gasteiger charge is 2.24. The molecule has 0 atom stereocenters. The number of nitrogens with zero attached hydrogens (tertiary/aromatic N) is 3. The van der Waals surface area contributed by atoms with E-state index >= 15 is 0 Å². The Kier molecular flexibility index (Phi) is 7.83. The topological polar surface area (TPSA) is 133 Å². The Morgan fingerprint density at radius 2 is 1.84 bits per heavy atom. The van der Waals surface area contributed by atoms with E-state index in [0.29, 0.717) is 21.4 Å². The average molecular weight is 632 g/mol. The van der Waals surface area contributed by atoms with Gasteiger partial charge in [-0.15, -0.1) is 0 Å². The van der Waals surface area contributed by atoms with Crippen LogP contribution in [0.1, 0.15) is 18.9 Å². The minimum Gasteiger partial charge on any atom is -0.338 e. The number of aromatic nitrogens is 3. The molecule has 0 aliphatic carbocycles. The predicted octanol–water partition coefficient (Wildman–Crippen LogP) is 2.95. The smallest absolute Gasteiger partial charge is 0.336 e. The number of aryl methyl sites for hydroxylation is 1. The fourth-order valence-corrected chi connectivity index (χ4v) is 4.77. The minimum absolute atomic E-state index is 0.0316. The number of rotatable bonds is 7. The fourth-order valence-electron chi connectivity index (χ4n) is 4.32. The molecule has 0 bridgehead atoms. The SMILES string of the molecule is CC(=O)Nc1cccc(-n2c(=O)n(CCCN)c(=O)c3c(Nc4ccc(I)cc4F)n(C)c(=O)c(C)c32)c1. The lowest BCUT2D eigenvalue weighted by Crippen LogP contribution is -2.42. The lowest BCUT2D eigenvalue weighted by Gasteiger charge is -2.21. The van der Waals surface area contributed by atoms with Gasteiger partial charge in [0.05, 0.1) is 16.9 Å². The second-order valence-electron chi connectivity index (χ2n) is 8.76. The number of benzene rings is 2. The van der Waals surface area contributed by atoms with Gasteiger partial charge in [0, 0.05) is 35.3 Å². The second kappa shape index (κ2) is 10.9. The van der Waals surface area contributed by atoms with Crippen LogP contribution < -0.4 is 33.2 Å². The van der Waals surface area contributed by atoms with Crippen molar-refractivity contribution in [2.45, 2.75) is 26.8 Å². The molecule has 10 nitrogen and oxygen atoms in total. The number of nitrogens with one attached hydrogen (secondary N) is 2. The van der Waals surface area contributed by atoms with Crippen molar-refractivity contribution in [3.05, 3.63) is 88.6 Å². The maximum Gasteiger partial charge on any atom is 0.336 e. The number of amides is 1. The number of hydrogen-bond acceptors (Lipinski definition) is 6. The van der Waals surface area contributed by atoms with Crippen LogP contribution in [-0.4, -0.2) is 26.2 Å². The quantitative estimate of drug-likeness (QED) is 0.269. The molecule has 12 heteroatoms. The van der Waals surface area contributed by atoms with E-state index in [1.165, 1.54) is 42.2 Å². The predicted molar refractivity (Wildman–Crippen MR) is 154 cm³/mol. The van der Waals surface area contributed by atoms with E-state index < -0.39 is 22.6 Å². The maximum absolute atomic E-state index is 14.8. The highest BCUT2D eigenvalue weighted by atomic mass is 127. The van der Waals surface area contributed by atoms with Crippen molar-refractivity contribution in [1.82, 2.24) is 13.7 Å². The van der Waals surface area contributed by atoms with Gasteiger partial charge in [0.15, 0.2) is 0 Å². The monoisotopic (exact) mass is 632 g/mol. The highest BCUT2D eigenvalue weighted by Crippen LogP contribution is 2.28. The van der Waals surface area contributed by atoms with Crippen molar-refractivity contribution in [1.29, 1.82) is 0 Å². The zero-order valence-electron chi connectivity index (χ0n) is 21.0. The van der Waals surface area contributed by atoms with Gasteiger partial charge in [-0.2, -0.15) is 0 Å². The summed E-state index contributed by atoms with van der Waals surface area (Å²) in [7, 11) is 1.47. The highest BCUT2D eigenvalue weighted by molar-refractivity contribution is 14.1. The van der Waals surface area contributed by atoms with E-state index in [1.54, 1.807) is 30.3 Å². The van der Waals surface area contributed by atoms with Gasteiger partial charge in [-0.3, -0.25) is 28.1 Å². The Labute approximate surface area is 230 Å². The van der Waals surface area contributed by atoms with E-state index in [2.05, 4.69) is 10.6 Å². The lowest BCUT2D eigenvalue weighted by molar-refractivity contribution is -0.114. The average Bonchev–Trinajstić information content (AvgIpc) is 2.86. The van der Waals surface area contributed by atoms with Gasteiger partial charge in [-0.25, -0.2) is 9.18 Å². The first-order chi connectivity index (χ1) is 18.0. The summed E-state index contributed by atoms with van der Waals surface area (Å²) in [5, 5.41) is 5.62. The molecule has 0 unspecified atom stereocenters. The normalized spacial score (nSPS) is 11.1. The molecule has 198 valence electrons. The number of hydrogen-bond donors (Lipinski definition) is 3. The molecule has 0 saturated carbocycles. The van der Waals surface area contributed by atoms with Crippen molar-refractivity contribution in [2.24, 2.45) is 12.8 Å². The summed E-state index contributed by atoms with van der Waals surface area (Å²) < 4.78 is 19.0. The molecule has 0 spiro atoms. The Morgan fingerprint density at radius 3 is 2.50 bits per heavy atom. The summed E-state index contributed by atoms with van der Waals surface area (Å²) in [5.41, 5.74) is 4.94. The fraction of sp³-hybridized carbons (Fsp3) is 0.231. The zero-order chi connectivity index (χ0) is 27.7. The first-order valence-electron chi connectivity index (χ1n) is 11.7. The van der Waals surface area contributed by atoms with E-state index in [1.807, 2.05) is 22.6 Å². The van der Waals surface area contributed by atoms with Gasteiger partial charge in [-0.1, -0.05) is 6.07 Å². The number of halogens is 2. The molecule has 2 aromatic carbocycles. The van der Waals surface area contributed by atoms with Crippen LogP contribution in [0.2, 0.25) is 0 Å². The molecule has 0 saturated heterocycles. The Bertz CT molecular complexity index is 1760. The summed E-state index contributed by atoms with van der Waals surface area (Å²) in [6.07, 6.45) is 0.353. The van der Waals surface area contributed by atoms with Crippen molar-refractivity contribution >= 4 is 56.6 Å². The first-order valence-corrected chi connectivity index (χ1v) is 12.8. The van der Waals surface area contributed by atoms with Crippen LogP contribution in [0.5, 0.6) is 0 Å². The molecule has 0 radical (unpaired) electrons. The Hall–Kier alpha value is -3.78. The van der Waals surface area contributed by atoms with E-state index in [4.69, 9.17) is 5.73 Å². The number of fused-ring (bicyclic) bond motifs is 1. The van der Waals surface area contributed by atoms with Gasteiger partial charge in [0.25, 0.3) is 11.1 Å². The van der Waals surface area contributed by atoms with E-state index in [0.717, 1.165) is 4.57 Å². The molecule has 38 heavy (non-hydrogen) atoms. The molecule has 4 N–H and O–H groups in total. The van der Waals surface area contributed by atoms with E-state index in [-0.39, 0.29) is 47.0 Å². The molecule has 0 fully saturated rings. The van der Waals surface area contributed by atoms with Crippen LogP contribution in [0.15, 0.2) is 56.8 Å². The summed E-state index contributed by atoms with van der Waals surface area (Å²) in [5.74, 6) is -0.838. The number of pyridine rings is 1. The van der Waals surface area contributed by atoms with Crippen LogP contribution in [-0.2, 0) is 18.4 Å². The molecule has 1 amide bonds. The van der Waals surface area contributed by atoms with Gasteiger partial charge in [0.1, 0.15) is 17.0 Å². The van der Waals surface area contributed by atoms with Gasteiger partial charge in [-0.05, 0) is 78.9 Å². The summed E-state index contributed by atoms with van der Waals surface area (Å²) in [4.78, 5) is 52.6. The first kappa shape index (κ1) is 27.3. The van der Waals surface area contributed by atoms with Crippen molar-refractivity contribution in [3.63, 3.8) is 0 Å². The zero-order valence-corrected chi connectivity index (χ0v) is 23.1. The number of carbonyl (C=O) groups is 1. The molecule has 2 heterocycles. The second-order valence-corrected chi connectivity index (χ2v) is 10.0. The lowest BCUT2D eigenvalue weighted by atomic mass is 10.1. The minimum atomic E-state index is -0.668. The van der Waals surface area contributed by atoms with Crippen molar-refractivity contribution < 1.29 is 9.18 Å². The van der Waals surface area contributed by atoms with Crippen LogP contribution >= 0.6 is 22.6 Å². The summed E-state index contributed by atoms with van der Waals surface area (Å²) >= 11 is 1.98. The molecule has 0 aliphatic heterocycles. The molecule has 0 aliphatic rings. The maximum atomic E-state index is 14.8. The molecule has 2 aromatic heterocycles. The number of nitrogens with two attached hydrogens (primary N) is 1. The third-order valence-electron chi connectivity index (χ3n) is 6.09. The number of carbonyl (C=O) groups excluding carboxylic acids is 1. The van der Waals surface area contributed by atoms with Gasteiger partial charge in [0.2, 0.25) is 5.91 Å². The largest absolute Gasteiger partial charge is 0.338 e. The Morgan fingerprint density at radius 1 is 1.11 bits per heavy atom.